The van der Waals surface area contributed by atoms with Gasteiger partial charge in [0.05, 0.1) is 18.9 Å². The lowest BCUT2D eigenvalue weighted by Gasteiger charge is -2.10. The smallest absolute Gasteiger partial charge is 0.343 e. The fourth-order valence-electron chi connectivity index (χ4n) is 4.75. The van der Waals surface area contributed by atoms with Crippen LogP contribution in [0.1, 0.15) is 43.6 Å². The first-order valence-electron chi connectivity index (χ1n) is 14.0. The molecule has 1 aliphatic rings. The molecule has 3 aromatic carbocycles. The van der Waals surface area contributed by atoms with Crippen molar-refractivity contribution >= 4 is 18.1 Å². The number of hydrogen-bond acceptors (Lipinski definition) is 9. The van der Waals surface area contributed by atoms with Crippen LogP contribution in [0, 0.1) is 13.8 Å². The van der Waals surface area contributed by atoms with Crippen LogP contribution in [0.2, 0.25) is 0 Å². The molecule has 6 rings (SSSR count). The van der Waals surface area contributed by atoms with E-state index >= 15 is 0 Å². The van der Waals surface area contributed by atoms with Crippen LogP contribution in [0.4, 0.5) is 0 Å². The summed E-state index contributed by atoms with van der Waals surface area (Å²) in [6.45, 7) is 4.39. The third-order valence-corrected chi connectivity index (χ3v) is 7.01. The van der Waals surface area contributed by atoms with E-state index in [1.807, 2.05) is 24.3 Å². The highest BCUT2D eigenvalue weighted by molar-refractivity contribution is 5.93. The molecule has 0 bridgehead atoms. The number of carbonyl (C=O) groups excluding carboxylic acids is 2. The van der Waals surface area contributed by atoms with E-state index in [1.54, 1.807) is 48.5 Å². The highest BCUT2D eigenvalue weighted by Crippen LogP contribution is 2.34. The van der Waals surface area contributed by atoms with E-state index in [0.29, 0.717) is 39.9 Å². The number of esters is 1. The van der Waals surface area contributed by atoms with Crippen molar-refractivity contribution in [3.05, 3.63) is 119 Å². The Hall–Kier alpha value is -5.97. The lowest BCUT2D eigenvalue weighted by atomic mass is 10.2. The second-order valence-electron chi connectivity index (χ2n) is 10.1. The average molecular weight is 608 g/mol. The van der Waals surface area contributed by atoms with Crippen molar-refractivity contribution in [1.29, 1.82) is 0 Å². The van der Waals surface area contributed by atoms with Gasteiger partial charge in [0.15, 0.2) is 28.8 Å². The van der Waals surface area contributed by atoms with Crippen molar-refractivity contribution in [2.45, 2.75) is 20.5 Å². The number of aryl methyl sites for hydroxylation is 2. The van der Waals surface area contributed by atoms with Gasteiger partial charge in [-0.3, -0.25) is 4.79 Å². The lowest BCUT2D eigenvalue weighted by molar-refractivity contribution is 0.0729. The maximum absolute atomic E-state index is 12.7. The number of nitrogens with one attached hydrogen (secondary N) is 1. The van der Waals surface area contributed by atoms with Crippen LogP contribution in [0.3, 0.4) is 0 Å². The van der Waals surface area contributed by atoms with Gasteiger partial charge in [-0.2, -0.15) is 5.10 Å². The van der Waals surface area contributed by atoms with Crippen LogP contribution < -0.4 is 29.1 Å². The highest BCUT2D eigenvalue weighted by atomic mass is 16.7. The molecule has 228 valence electrons. The van der Waals surface area contributed by atoms with E-state index in [4.69, 9.17) is 28.1 Å². The summed E-state index contributed by atoms with van der Waals surface area (Å²) in [5.41, 5.74) is 6.69. The summed E-state index contributed by atoms with van der Waals surface area (Å²) in [6.07, 6.45) is 1.43. The van der Waals surface area contributed by atoms with Crippen LogP contribution in [-0.2, 0) is 6.61 Å². The van der Waals surface area contributed by atoms with Crippen LogP contribution in [0.5, 0.6) is 28.7 Å². The van der Waals surface area contributed by atoms with E-state index in [-0.39, 0.29) is 24.9 Å². The summed E-state index contributed by atoms with van der Waals surface area (Å²) < 4.78 is 35.1. The number of rotatable bonds is 10. The predicted molar refractivity (Wildman–Crippen MR) is 164 cm³/mol. The number of benzene rings is 3. The van der Waals surface area contributed by atoms with Gasteiger partial charge in [-0.15, -0.1) is 0 Å². The number of aromatic nitrogens is 1. The Morgan fingerprint density at radius 1 is 0.889 bits per heavy atom. The van der Waals surface area contributed by atoms with Gasteiger partial charge in [0.1, 0.15) is 18.1 Å². The van der Waals surface area contributed by atoms with E-state index in [1.165, 1.54) is 13.3 Å². The monoisotopic (exact) mass is 607 g/mol. The fourth-order valence-corrected chi connectivity index (χ4v) is 4.75. The molecule has 1 amide bonds. The molecule has 45 heavy (non-hydrogen) atoms. The molecule has 3 heterocycles. The molecule has 1 N–H and O–H groups in total. The van der Waals surface area contributed by atoms with Crippen LogP contribution in [-0.4, -0.2) is 36.6 Å². The molecule has 0 fully saturated rings. The third kappa shape index (κ3) is 6.52. The maximum atomic E-state index is 12.7. The van der Waals surface area contributed by atoms with Crippen molar-refractivity contribution in [3.8, 4) is 34.4 Å². The zero-order valence-electron chi connectivity index (χ0n) is 24.7. The molecule has 1 aliphatic heterocycles. The molecule has 11 heteroatoms. The van der Waals surface area contributed by atoms with Crippen molar-refractivity contribution in [1.82, 2.24) is 9.99 Å². The van der Waals surface area contributed by atoms with Gasteiger partial charge >= 0.3 is 11.9 Å². The minimum absolute atomic E-state index is 0.0861. The summed E-state index contributed by atoms with van der Waals surface area (Å²) in [4.78, 5) is 25.2. The molecule has 0 unspecified atom stereocenters. The van der Waals surface area contributed by atoms with Gasteiger partial charge in [-0.05, 0) is 104 Å². The molecule has 0 radical (unpaired) electrons. The first-order chi connectivity index (χ1) is 21.9. The van der Waals surface area contributed by atoms with Gasteiger partial charge in [0.2, 0.25) is 6.79 Å². The Kier molecular flexibility index (Phi) is 8.23. The SMILES string of the molecule is COc1cc(/C=N/NC(=O)c2ccc(COc3ccc(-n4c(C)ccc4C)cc3)o2)ccc1OC(=O)c1ccc2c(c1)OCO2. The number of methoxy groups -OCH3 is 1. The molecular weight excluding hydrogens is 578 g/mol. The first kappa shape index (κ1) is 29.1. The normalized spacial score (nSPS) is 11.9. The van der Waals surface area contributed by atoms with Gasteiger partial charge in [-0.1, -0.05) is 0 Å². The van der Waals surface area contributed by atoms with Crippen molar-refractivity contribution in [3.63, 3.8) is 0 Å². The van der Waals surface area contributed by atoms with Crippen LogP contribution in [0.25, 0.3) is 5.69 Å². The average Bonchev–Trinajstić information content (AvgIpc) is 3.81. The number of furan rings is 1. The van der Waals surface area contributed by atoms with Gasteiger partial charge in [-0.25, -0.2) is 10.2 Å². The second-order valence-corrected chi connectivity index (χ2v) is 10.1. The van der Waals surface area contributed by atoms with Gasteiger partial charge in [0, 0.05) is 17.1 Å². The summed E-state index contributed by atoms with van der Waals surface area (Å²) in [6, 6.07) is 24.8. The standard InChI is InChI=1S/C34H29N3O8/c1-21-4-5-22(2)37(21)25-8-10-26(11-9-25)41-19-27-12-15-30(44-27)33(38)36-35-18-23-6-13-29(31(16-23)40-3)45-34(39)24-7-14-28-32(17-24)43-20-42-28/h4-18H,19-20H2,1-3H3,(H,36,38)/b35-18+. The number of hydrogen-bond donors (Lipinski definition) is 1. The molecule has 0 saturated heterocycles. The van der Waals surface area contributed by atoms with Crippen LogP contribution in [0.15, 0.2) is 94.4 Å². The van der Waals surface area contributed by atoms with E-state index in [0.717, 1.165) is 17.1 Å². The number of hydrazone groups is 1. The van der Waals surface area contributed by atoms with Crippen LogP contribution >= 0.6 is 0 Å². The number of ether oxygens (including phenoxy) is 5. The van der Waals surface area contributed by atoms with Crippen molar-refractivity contribution in [2.24, 2.45) is 5.10 Å². The highest BCUT2D eigenvalue weighted by Gasteiger charge is 2.19. The van der Waals surface area contributed by atoms with E-state index < -0.39 is 11.9 Å². The molecular formula is C34H29N3O8. The molecule has 0 atom stereocenters. The summed E-state index contributed by atoms with van der Waals surface area (Å²) >= 11 is 0. The number of amides is 1. The number of nitrogens with zero attached hydrogens (tertiary/aromatic N) is 2. The Morgan fingerprint density at radius 3 is 2.44 bits per heavy atom. The molecule has 0 saturated carbocycles. The number of carbonyl (C=O) groups is 2. The van der Waals surface area contributed by atoms with E-state index in [2.05, 4.69) is 41.1 Å². The zero-order valence-corrected chi connectivity index (χ0v) is 24.7. The molecule has 2 aromatic heterocycles. The van der Waals surface area contributed by atoms with Gasteiger partial charge < -0.3 is 32.7 Å². The Balaban J connectivity index is 1.01. The summed E-state index contributed by atoms with van der Waals surface area (Å²) in [5.74, 6) is 1.70. The number of fused-ring (bicyclic) bond motifs is 1. The summed E-state index contributed by atoms with van der Waals surface area (Å²) in [5, 5.41) is 4.00. The fraction of sp³-hybridized carbons (Fsp3) is 0.147. The van der Waals surface area contributed by atoms with Crippen molar-refractivity contribution in [2.75, 3.05) is 13.9 Å². The lowest BCUT2D eigenvalue weighted by Crippen LogP contribution is -2.16. The molecule has 0 spiro atoms. The van der Waals surface area contributed by atoms with Gasteiger partial charge in [0.25, 0.3) is 0 Å². The largest absolute Gasteiger partial charge is 0.493 e. The molecule has 11 nitrogen and oxygen atoms in total. The molecule has 5 aromatic rings. The first-order valence-corrected chi connectivity index (χ1v) is 14.0. The minimum Gasteiger partial charge on any atom is -0.493 e. The maximum Gasteiger partial charge on any atom is 0.343 e. The quantitative estimate of drug-likeness (QED) is 0.0890. The molecule has 0 aliphatic carbocycles. The zero-order chi connectivity index (χ0) is 31.3. The van der Waals surface area contributed by atoms with E-state index in [9.17, 15) is 9.59 Å². The van der Waals surface area contributed by atoms with Crippen molar-refractivity contribution < 1.29 is 37.7 Å². The predicted octanol–water partition coefficient (Wildman–Crippen LogP) is 5.99. The second kappa shape index (κ2) is 12.7. The summed E-state index contributed by atoms with van der Waals surface area (Å²) in [7, 11) is 1.45. The Morgan fingerprint density at radius 2 is 1.67 bits per heavy atom. The topological polar surface area (TPSA) is 123 Å². The Bertz CT molecular complexity index is 1870. The Labute approximate surface area is 258 Å². The minimum atomic E-state index is -0.584. The third-order valence-electron chi connectivity index (χ3n) is 7.01.